The van der Waals surface area contributed by atoms with Crippen molar-refractivity contribution in [3.05, 3.63) is 70.5 Å². The molecule has 27 heavy (non-hydrogen) atoms. The number of hydrogen-bond acceptors (Lipinski definition) is 3. The van der Waals surface area contributed by atoms with Crippen LogP contribution in [-0.4, -0.2) is 25.9 Å². The van der Waals surface area contributed by atoms with Gasteiger partial charge in [0.1, 0.15) is 5.82 Å². The Morgan fingerprint density at radius 1 is 1.11 bits per heavy atom. The monoisotopic (exact) mass is 389 g/mol. The summed E-state index contributed by atoms with van der Waals surface area (Å²) in [6, 6.07) is 13.2. The molecule has 0 aromatic heterocycles. The molecule has 0 aliphatic heterocycles. The molecule has 0 aliphatic rings. The van der Waals surface area contributed by atoms with Crippen LogP contribution in [0.15, 0.2) is 47.5 Å². The van der Waals surface area contributed by atoms with Crippen molar-refractivity contribution in [3.8, 4) is 0 Å². The van der Waals surface area contributed by atoms with Gasteiger partial charge < -0.3 is 15.4 Å². The largest absolute Gasteiger partial charge is 0.380 e. The molecule has 0 radical (unpaired) electrons. The van der Waals surface area contributed by atoms with Gasteiger partial charge in [0.25, 0.3) is 0 Å². The number of hydrogen-bond donors (Lipinski definition) is 2. The molecular formula is C21H28FN3OS. The SMILES string of the molecule is CCNC(=NCc1cccc(COC)c1)NCc1ccc(F)cc1CSC. The maximum atomic E-state index is 13.5. The van der Waals surface area contributed by atoms with Gasteiger partial charge in [-0.3, -0.25) is 0 Å². The standard InChI is InChI=1S/C21H28FN3OS/c1-4-23-21(24-12-16-6-5-7-17(10-16)14-26-2)25-13-18-8-9-20(22)11-19(18)15-27-3/h5-11H,4,12-15H2,1-3H3,(H2,23,24,25). The summed E-state index contributed by atoms with van der Waals surface area (Å²) >= 11 is 1.68. The van der Waals surface area contributed by atoms with Gasteiger partial charge in [-0.15, -0.1) is 0 Å². The molecule has 146 valence electrons. The van der Waals surface area contributed by atoms with Crippen LogP contribution in [0.1, 0.15) is 29.2 Å². The number of thioether (sulfide) groups is 1. The minimum Gasteiger partial charge on any atom is -0.380 e. The van der Waals surface area contributed by atoms with Crippen LogP contribution < -0.4 is 10.6 Å². The molecule has 0 spiro atoms. The summed E-state index contributed by atoms with van der Waals surface area (Å²) in [5, 5.41) is 6.61. The van der Waals surface area contributed by atoms with Crippen LogP contribution in [-0.2, 0) is 30.2 Å². The third kappa shape index (κ3) is 7.23. The highest BCUT2D eigenvalue weighted by Gasteiger charge is 2.06. The van der Waals surface area contributed by atoms with E-state index >= 15 is 0 Å². The molecule has 2 N–H and O–H groups in total. The van der Waals surface area contributed by atoms with Crippen molar-refractivity contribution >= 4 is 17.7 Å². The molecule has 2 aromatic carbocycles. The number of ether oxygens (including phenoxy) is 1. The fourth-order valence-electron chi connectivity index (χ4n) is 2.73. The lowest BCUT2D eigenvalue weighted by Crippen LogP contribution is -2.37. The lowest BCUT2D eigenvalue weighted by Gasteiger charge is -2.14. The van der Waals surface area contributed by atoms with Crippen LogP contribution in [0, 0.1) is 5.82 Å². The predicted molar refractivity (Wildman–Crippen MR) is 112 cm³/mol. The maximum Gasteiger partial charge on any atom is 0.191 e. The average Bonchev–Trinajstić information content (AvgIpc) is 2.66. The zero-order valence-corrected chi connectivity index (χ0v) is 17.0. The van der Waals surface area contributed by atoms with Crippen molar-refractivity contribution in [1.82, 2.24) is 10.6 Å². The molecule has 2 aromatic rings. The quantitative estimate of drug-likeness (QED) is 0.501. The van der Waals surface area contributed by atoms with E-state index in [0.29, 0.717) is 19.7 Å². The first kappa shape index (κ1) is 21.3. The van der Waals surface area contributed by atoms with Gasteiger partial charge in [-0.05, 0) is 47.6 Å². The second-order valence-corrected chi connectivity index (χ2v) is 7.01. The predicted octanol–water partition coefficient (Wildman–Crippen LogP) is 4.09. The number of halogens is 1. The first-order chi connectivity index (χ1) is 13.2. The van der Waals surface area contributed by atoms with E-state index in [4.69, 9.17) is 4.74 Å². The topological polar surface area (TPSA) is 45.7 Å². The first-order valence-corrected chi connectivity index (χ1v) is 10.4. The average molecular weight is 390 g/mol. The Morgan fingerprint density at radius 3 is 2.67 bits per heavy atom. The Balaban J connectivity index is 2.05. The number of benzene rings is 2. The van der Waals surface area contributed by atoms with E-state index in [9.17, 15) is 4.39 Å². The molecule has 0 heterocycles. The van der Waals surface area contributed by atoms with Crippen LogP contribution in [0.5, 0.6) is 0 Å². The van der Waals surface area contributed by atoms with Gasteiger partial charge in [0.2, 0.25) is 0 Å². The van der Waals surface area contributed by atoms with Crippen molar-refractivity contribution in [2.75, 3.05) is 19.9 Å². The molecule has 6 heteroatoms. The van der Waals surface area contributed by atoms with Crippen LogP contribution in [0.3, 0.4) is 0 Å². The Bertz CT molecular complexity index is 752. The molecule has 0 saturated carbocycles. The molecule has 0 atom stereocenters. The third-order valence-electron chi connectivity index (χ3n) is 3.98. The molecular weight excluding hydrogens is 361 g/mol. The molecule has 0 unspecified atom stereocenters. The number of methoxy groups -OCH3 is 1. The van der Waals surface area contributed by atoms with E-state index in [1.54, 1.807) is 24.9 Å². The zero-order chi connectivity index (χ0) is 19.5. The summed E-state index contributed by atoms with van der Waals surface area (Å²) in [5.41, 5.74) is 4.36. The van der Waals surface area contributed by atoms with Gasteiger partial charge >= 0.3 is 0 Å². The van der Waals surface area contributed by atoms with Crippen LogP contribution >= 0.6 is 11.8 Å². The fourth-order valence-corrected chi connectivity index (χ4v) is 3.31. The number of aliphatic imine (C=N–C) groups is 1. The van der Waals surface area contributed by atoms with Crippen molar-refractivity contribution < 1.29 is 9.13 Å². The number of rotatable bonds is 9. The molecule has 2 rings (SSSR count). The molecule has 4 nitrogen and oxygen atoms in total. The third-order valence-corrected chi connectivity index (χ3v) is 4.58. The van der Waals surface area contributed by atoms with Crippen molar-refractivity contribution in [3.63, 3.8) is 0 Å². The van der Waals surface area contributed by atoms with Gasteiger partial charge in [0.05, 0.1) is 13.2 Å². The first-order valence-electron chi connectivity index (χ1n) is 9.01. The van der Waals surface area contributed by atoms with Gasteiger partial charge in [0, 0.05) is 26.0 Å². The number of guanidine groups is 1. The van der Waals surface area contributed by atoms with Crippen molar-refractivity contribution in [2.24, 2.45) is 4.99 Å². The van der Waals surface area contributed by atoms with E-state index < -0.39 is 0 Å². The summed E-state index contributed by atoms with van der Waals surface area (Å²) in [4.78, 5) is 4.67. The van der Waals surface area contributed by atoms with Crippen LogP contribution in [0.4, 0.5) is 4.39 Å². The van der Waals surface area contributed by atoms with Gasteiger partial charge in [0.15, 0.2) is 5.96 Å². The van der Waals surface area contributed by atoms with E-state index in [-0.39, 0.29) is 5.82 Å². The fraction of sp³-hybridized carbons (Fsp3) is 0.381. The lowest BCUT2D eigenvalue weighted by molar-refractivity contribution is 0.185. The summed E-state index contributed by atoms with van der Waals surface area (Å²) in [6.07, 6.45) is 2.02. The molecule has 0 fully saturated rings. The highest BCUT2D eigenvalue weighted by Crippen LogP contribution is 2.16. The molecule has 0 amide bonds. The number of nitrogens with zero attached hydrogens (tertiary/aromatic N) is 1. The maximum absolute atomic E-state index is 13.5. The van der Waals surface area contributed by atoms with E-state index in [1.165, 1.54) is 6.07 Å². The second kappa shape index (κ2) is 11.6. The number of nitrogens with one attached hydrogen (secondary N) is 2. The van der Waals surface area contributed by atoms with E-state index in [0.717, 1.165) is 40.5 Å². The van der Waals surface area contributed by atoms with E-state index in [2.05, 4.69) is 27.8 Å². The van der Waals surface area contributed by atoms with Gasteiger partial charge in [-0.25, -0.2) is 9.38 Å². The van der Waals surface area contributed by atoms with Crippen LogP contribution in [0.25, 0.3) is 0 Å². The van der Waals surface area contributed by atoms with Crippen molar-refractivity contribution in [1.29, 1.82) is 0 Å². The van der Waals surface area contributed by atoms with Gasteiger partial charge in [-0.2, -0.15) is 11.8 Å². The van der Waals surface area contributed by atoms with E-state index in [1.807, 2.05) is 31.4 Å². The summed E-state index contributed by atoms with van der Waals surface area (Å²) < 4.78 is 18.7. The molecule has 0 aliphatic carbocycles. The Kier molecular flexibility index (Phi) is 9.15. The van der Waals surface area contributed by atoms with Crippen molar-refractivity contribution in [2.45, 2.75) is 32.4 Å². The lowest BCUT2D eigenvalue weighted by atomic mass is 10.1. The Morgan fingerprint density at radius 2 is 1.93 bits per heavy atom. The smallest absolute Gasteiger partial charge is 0.191 e. The summed E-state index contributed by atoms with van der Waals surface area (Å²) in [6.45, 7) is 4.59. The zero-order valence-electron chi connectivity index (χ0n) is 16.2. The Hall–Kier alpha value is -2.05. The minimum absolute atomic E-state index is 0.195. The molecule has 0 saturated heterocycles. The minimum atomic E-state index is -0.195. The normalized spacial score (nSPS) is 11.5. The highest BCUT2D eigenvalue weighted by atomic mass is 32.2. The summed E-state index contributed by atoms with van der Waals surface area (Å²) in [5.74, 6) is 1.34. The Labute approximate surface area is 165 Å². The van der Waals surface area contributed by atoms with Crippen LogP contribution in [0.2, 0.25) is 0 Å². The molecule has 0 bridgehead atoms. The van der Waals surface area contributed by atoms with Gasteiger partial charge in [-0.1, -0.05) is 30.3 Å². The second-order valence-electron chi connectivity index (χ2n) is 6.15. The highest BCUT2D eigenvalue weighted by molar-refractivity contribution is 7.97. The summed E-state index contributed by atoms with van der Waals surface area (Å²) in [7, 11) is 1.69.